The normalized spacial score (nSPS) is 12.8. The fourth-order valence-electron chi connectivity index (χ4n) is 9.46. The molecule has 1 aromatic heterocycles. The van der Waals surface area contributed by atoms with Crippen molar-refractivity contribution in [2.75, 3.05) is 0 Å². The third-order valence-electron chi connectivity index (χ3n) is 12.0. The Morgan fingerprint density at radius 2 is 0.860 bits per heavy atom. The minimum atomic E-state index is -0.586. The maximum absolute atomic E-state index is 14.3. The maximum Gasteiger partial charge on any atom is 0.123 e. The van der Waals surface area contributed by atoms with Crippen LogP contribution in [0.4, 0.5) is 4.39 Å². The van der Waals surface area contributed by atoms with Crippen LogP contribution in [0.2, 0.25) is 0 Å². The van der Waals surface area contributed by atoms with Crippen LogP contribution in [0.15, 0.2) is 218 Å². The summed E-state index contributed by atoms with van der Waals surface area (Å²) in [6.45, 7) is 0. The van der Waals surface area contributed by atoms with Gasteiger partial charge in [-0.1, -0.05) is 164 Å². The van der Waals surface area contributed by atoms with Crippen LogP contribution in [0.1, 0.15) is 22.3 Å². The van der Waals surface area contributed by atoms with Gasteiger partial charge in [-0.15, -0.1) is 0 Å². The first-order valence-electron chi connectivity index (χ1n) is 19.5. The molecule has 0 bridgehead atoms. The minimum absolute atomic E-state index is 0.237. The van der Waals surface area contributed by atoms with E-state index in [1.54, 1.807) is 12.1 Å². The molecule has 268 valence electrons. The zero-order valence-electron chi connectivity index (χ0n) is 31.1. The van der Waals surface area contributed by atoms with E-state index in [4.69, 9.17) is 0 Å². The van der Waals surface area contributed by atoms with Crippen molar-refractivity contribution < 1.29 is 4.39 Å². The molecule has 0 saturated carbocycles. The van der Waals surface area contributed by atoms with Crippen LogP contribution in [-0.4, -0.2) is 4.57 Å². The lowest BCUT2D eigenvalue weighted by Gasteiger charge is -2.34. The van der Waals surface area contributed by atoms with E-state index >= 15 is 0 Å². The predicted molar refractivity (Wildman–Crippen MR) is 234 cm³/mol. The number of hydrogen-bond acceptors (Lipinski definition) is 0. The van der Waals surface area contributed by atoms with E-state index in [2.05, 4.69) is 199 Å². The van der Waals surface area contributed by atoms with Crippen molar-refractivity contribution in [2.24, 2.45) is 0 Å². The molecular formula is C55H36FN. The fraction of sp³-hybridized carbons (Fsp3) is 0.0182. The van der Waals surface area contributed by atoms with Crippen LogP contribution in [0, 0.1) is 5.82 Å². The molecule has 0 saturated heterocycles. The zero-order valence-corrected chi connectivity index (χ0v) is 31.1. The lowest BCUT2D eigenvalue weighted by atomic mass is 9.67. The van der Waals surface area contributed by atoms with Crippen molar-refractivity contribution in [3.63, 3.8) is 0 Å². The number of halogens is 1. The van der Waals surface area contributed by atoms with E-state index in [1.807, 2.05) is 12.1 Å². The molecule has 0 radical (unpaired) electrons. The largest absolute Gasteiger partial charge is 0.309 e. The second-order valence-corrected chi connectivity index (χ2v) is 15.0. The van der Waals surface area contributed by atoms with Gasteiger partial charge in [0.25, 0.3) is 0 Å². The summed E-state index contributed by atoms with van der Waals surface area (Å²) in [7, 11) is 0. The van der Waals surface area contributed by atoms with Crippen molar-refractivity contribution in [1.29, 1.82) is 0 Å². The number of hydrogen-bond donors (Lipinski definition) is 0. The number of aromatic nitrogens is 1. The molecule has 9 aromatic carbocycles. The van der Waals surface area contributed by atoms with Crippen LogP contribution in [0.5, 0.6) is 0 Å². The summed E-state index contributed by atoms with van der Waals surface area (Å²) >= 11 is 0. The number of fused-ring (bicyclic) bond motifs is 6. The Kier molecular flexibility index (Phi) is 7.65. The van der Waals surface area contributed by atoms with E-state index in [-0.39, 0.29) is 5.82 Å². The van der Waals surface area contributed by atoms with E-state index in [0.29, 0.717) is 0 Å². The van der Waals surface area contributed by atoms with Crippen LogP contribution in [-0.2, 0) is 5.41 Å². The average Bonchev–Trinajstić information content (AvgIpc) is 3.77. The highest BCUT2D eigenvalue weighted by Gasteiger charge is 2.47. The molecular weight excluding hydrogens is 694 g/mol. The molecule has 0 fully saturated rings. The number of benzene rings is 9. The van der Waals surface area contributed by atoms with Crippen molar-refractivity contribution in [2.45, 2.75) is 5.41 Å². The molecule has 0 amide bonds. The third kappa shape index (κ3) is 5.15. The van der Waals surface area contributed by atoms with E-state index in [0.717, 1.165) is 27.9 Å². The zero-order chi connectivity index (χ0) is 37.9. The molecule has 0 atom stereocenters. The van der Waals surface area contributed by atoms with Gasteiger partial charge in [0.15, 0.2) is 0 Å². The Hall–Kier alpha value is -7.29. The smallest absolute Gasteiger partial charge is 0.123 e. The summed E-state index contributed by atoms with van der Waals surface area (Å²) < 4.78 is 16.6. The molecule has 10 aromatic rings. The quantitative estimate of drug-likeness (QED) is 0.161. The Morgan fingerprint density at radius 3 is 1.47 bits per heavy atom. The topological polar surface area (TPSA) is 4.93 Å². The molecule has 0 aliphatic heterocycles. The molecule has 2 heteroatoms. The van der Waals surface area contributed by atoms with Crippen LogP contribution >= 0.6 is 0 Å². The van der Waals surface area contributed by atoms with Gasteiger partial charge in [-0.3, -0.25) is 0 Å². The number of rotatable bonds is 6. The van der Waals surface area contributed by atoms with Gasteiger partial charge in [-0.05, 0) is 121 Å². The Bertz CT molecular complexity index is 3050. The first-order valence-corrected chi connectivity index (χ1v) is 19.5. The van der Waals surface area contributed by atoms with Gasteiger partial charge in [0.2, 0.25) is 0 Å². The summed E-state index contributed by atoms with van der Waals surface area (Å²) in [4.78, 5) is 0. The summed E-state index contributed by atoms with van der Waals surface area (Å²) in [5.41, 5.74) is 17.0. The molecule has 57 heavy (non-hydrogen) atoms. The summed E-state index contributed by atoms with van der Waals surface area (Å²) in [6, 6.07) is 77.4. The van der Waals surface area contributed by atoms with Gasteiger partial charge < -0.3 is 4.57 Å². The highest BCUT2D eigenvalue weighted by atomic mass is 19.1. The van der Waals surface area contributed by atoms with Gasteiger partial charge >= 0.3 is 0 Å². The van der Waals surface area contributed by atoms with Gasteiger partial charge in [0, 0.05) is 16.5 Å². The highest BCUT2D eigenvalue weighted by molar-refractivity contribution is 6.12. The van der Waals surface area contributed by atoms with E-state index in [9.17, 15) is 4.39 Å². The summed E-state index contributed by atoms with van der Waals surface area (Å²) in [5.74, 6) is -0.237. The van der Waals surface area contributed by atoms with Gasteiger partial charge in [0.1, 0.15) is 5.82 Å². The van der Waals surface area contributed by atoms with Gasteiger partial charge in [0.05, 0.1) is 16.4 Å². The highest BCUT2D eigenvalue weighted by Crippen LogP contribution is 2.59. The monoisotopic (exact) mass is 729 g/mol. The standard InChI is InChI=1S/C55H36FN/c56-44-29-24-38(25-30-44)46-22-13-23-50-54(46)47-31-26-41(36-51(47)55(50,42-16-7-2-8-17-42)43-18-9-3-10-19-43)40-28-33-53-49(35-40)48-34-39(37-14-5-1-6-15-37)27-32-52(48)57(53)45-20-11-4-12-21-45/h1-36H. The van der Waals surface area contributed by atoms with Crippen molar-refractivity contribution >= 4 is 21.8 Å². The van der Waals surface area contributed by atoms with Gasteiger partial charge in [-0.25, -0.2) is 4.39 Å². The maximum atomic E-state index is 14.3. The first kappa shape index (κ1) is 33.1. The molecule has 1 nitrogen and oxygen atoms in total. The van der Waals surface area contributed by atoms with Crippen LogP contribution in [0.3, 0.4) is 0 Å². The van der Waals surface area contributed by atoms with Crippen LogP contribution in [0.25, 0.3) is 72.0 Å². The third-order valence-corrected chi connectivity index (χ3v) is 12.0. The lowest BCUT2D eigenvalue weighted by Crippen LogP contribution is -2.28. The number of para-hydroxylation sites is 1. The van der Waals surface area contributed by atoms with Crippen molar-refractivity contribution in [1.82, 2.24) is 4.57 Å². The Labute approximate surface area is 331 Å². The molecule has 1 heterocycles. The summed E-state index contributed by atoms with van der Waals surface area (Å²) in [5, 5.41) is 2.43. The van der Waals surface area contributed by atoms with Crippen molar-refractivity contribution in [3.05, 3.63) is 246 Å². The second kappa shape index (κ2) is 13.2. The summed E-state index contributed by atoms with van der Waals surface area (Å²) in [6.07, 6.45) is 0. The minimum Gasteiger partial charge on any atom is -0.309 e. The SMILES string of the molecule is Fc1ccc(-c2cccc3c2-c2ccc(-c4ccc5c(c4)c4cc(-c6ccccc6)ccc4n5-c4ccccc4)cc2C3(c2ccccc2)c2ccccc2)cc1. The second-order valence-electron chi connectivity index (χ2n) is 15.0. The predicted octanol–water partition coefficient (Wildman–Crippen LogP) is 14.3. The molecule has 1 aliphatic carbocycles. The fourth-order valence-corrected chi connectivity index (χ4v) is 9.46. The molecule has 0 N–H and O–H groups in total. The van der Waals surface area contributed by atoms with Crippen LogP contribution < -0.4 is 0 Å². The average molecular weight is 730 g/mol. The van der Waals surface area contributed by atoms with Crippen molar-refractivity contribution in [3.8, 4) is 50.2 Å². The number of nitrogens with zero attached hydrogens (tertiary/aromatic N) is 1. The molecule has 1 aliphatic rings. The lowest BCUT2D eigenvalue weighted by molar-refractivity contribution is 0.628. The van der Waals surface area contributed by atoms with Gasteiger partial charge in [-0.2, -0.15) is 0 Å². The van der Waals surface area contributed by atoms with E-state index < -0.39 is 5.41 Å². The Morgan fingerprint density at radius 1 is 0.351 bits per heavy atom. The van der Waals surface area contributed by atoms with E-state index in [1.165, 1.54) is 66.3 Å². The molecule has 0 spiro atoms. The Balaban J connectivity index is 1.18. The first-order chi connectivity index (χ1) is 28.2. The molecule has 0 unspecified atom stereocenters. The molecule has 11 rings (SSSR count).